The Kier molecular flexibility index (Phi) is 5.93. The number of esters is 2. The van der Waals surface area contributed by atoms with Crippen molar-refractivity contribution in [2.45, 2.75) is 67.6 Å². The number of ether oxygens (including phenoxy) is 2. The number of rotatable bonds is 4. The Morgan fingerprint density at radius 1 is 0.750 bits per heavy atom. The van der Waals surface area contributed by atoms with Crippen LogP contribution in [0.25, 0.3) is 0 Å². The summed E-state index contributed by atoms with van der Waals surface area (Å²) in [6.07, 6.45) is -1.89. The Balaban J connectivity index is 4.56. The predicted octanol–water partition coefficient (Wildman–Crippen LogP) is 2.51. The molecule has 0 spiro atoms. The smallest absolute Gasteiger partial charge is 0.347 e. The van der Waals surface area contributed by atoms with E-state index in [1.807, 2.05) is 0 Å². The van der Waals surface area contributed by atoms with Gasteiger partial charge in [0.05, 0.1) is 5.41 Å². The molecule has 0 saturated carbocycles. The Bertz CT molecular complexity index is 384. The molecule has 5 heteroatoms. The van der Waals surface area contributed by atoms with Gasteiger partial charge in [0.25, 0.3) is 0 Å². The van der Waals surface area contributed by atoms with Gasteiger partial charge in [0.2, 0.25) is 0 Å². The average molecular weight is 286 g/mol. The largest absolute Gasteiger partial charge is 0.452 e. The summed E-state index contributed by atoms with van der Waals surface area (Å²) in [7, 11) is 0. The van der Waals surface area contributed by atoms with Crippen LogP contribution in [0.1, 0.15) is 55.4 Å². The van der Waals surface area contributed by atoms with Crippen molar-refractivity contribution < 1.29 is 23.9 Å². The van der Waals surface area contributed by atoms with Crippen LogP contribution in [0, 0.1) is 10.8 Å². The van der Waals surface area contributed by atoms with Crippen LogP contribution in [0.5, 0.6) is 0 Å². The third-order valence-corrected chi connectivity index (χ3v) is 2.63. The third-order valence-electron chi connectivity index (χ3n) is 2.63. The zero-order chi connectivity index (χ0) is 16.3. The molecule has 0 amide bonds. The molecule has 0 rings (SSSR count). The lowest BCUT2D eigenvalue weighted by molar-refractivity contribution is -0.176. The maximum absolute atomic E-state index is 11.9. The minimum atomic E-state index is -1.03. The molecule has 0 aliphatic heterocycles. The van der Waals surface area contributed by atoms with Crippen LogP contribution in [-0.2, 0) is 23.9 Å². The van der Waals surface area contributed by atoms with Gasteiger partial charge in [-0.3, -0.25) is 9.59 Å². The van der Waals surface area contributed by atoms with E-state index in [0.29, 0.717) is 0 Å². The highest BCUT2D eigenvalue weighted by molar-refractivity contribution is 5.90. The molecule has 2 atom stereocenters. The van der Waals surface area contributed by atoms with Crippen molar-refractivity contribution in [1.29, 1.82) is 0 Å². The Morgan fingerprint density at radius 2 is 1.20 bits per heavy atom. The first-order valence-electron chi connectivity index (χ1n) is 6.72. The molecule has 0 radical (unpaired) electrons. The monoisotopic (exact) mass is 286 g/mol. The van der Waals surface area contributed by atoms with Gasteiger partial charge in [-0.15, -0.1) is 0 Å². The minimum absolute atomic E-state index is 0.180. The molecule has 5 nitrogen and oxygen atoms in total. The molecule has 0 aliphatic carbocycles. The van der Waals surface area contributed by atoms with E-state index >= 15 is 0 Å². The van der Waals surface area contributed by atoms with E-state index in [4.69, 9.17) is 9.47 Å². The van der Waals surface area contributed by atoms with Crippen LogP contribution >= 0.6 is 0 Å². The fraction of sp³-hybridized carbons (Fsp3) is 0.800. The molecule has 0 bridgehead atoms. The molecule has 0 aromatic heterocycles. The molecule has 0 fully saturated rings. The molecule has 20 heavy (non-hydrogen) atoms. The van der Waals surface area contributed by atoms with Gasteiger partial charge in [0.15, 0.2) is 18.0 Å². The second-order valence-corrected chi connectivity index (χ2v) is 6.99. The topological polar surface area (TPSA) is 69.7 Å². The molecule has 0 saturated heterocycles. The van der Waals surface area contributed by atoms with E-state index in [1.54, 1.807) is 41.5 Å². The highest BCUT2D eigenvalue weighted by Gasteiger charge is 2.32. The van der Waals surface area contributed by atoms with E-state index in [-0.39, 0.29) is 5.78 Å². The van der Waals surface area contributed by atoms with E-state index in [1.165, 1.54) is 13.8 Å². The van der Waals surface area contributed by atoms with Crippen molar-refractivity contribution in [3.05, 3.63) is 0 Å². The molecule has 2 unspecified atom stereocenters. The summed E-state index contributed by atoms with van der Waals surface area (Å²) in [6.45, 7) is 13.3. The normalized spacial score (nSPS) is 15.2. The maximum atomic E-state index is 11.9. The summed E-state index contributed by atoms with van der Waals surface area (Å²) >= 11 is 0. The first-order valence-corrected chi connectivity index (χ1v) is 6.72. The van der Waals surface area contributed by atoms with Gasteiger partial charge in [0, 0.05) is 5.41 Å². The maximum Gasteiger partial charge on any atom is 0.347 e. The number of carbonyl (C=O) groups is 3. The molecule has 0 heterocycles. The molecular weight excluding hydrogens is 260 g/mol. The van der Waals surface area contributed by atoms with Gasteiger partial charge in [-0.25, -0.2) is 4.79 Å². The summed E-state index contributed by atoms with van der Waals surface area (Å²) in [6, 6.07) is 0. The number of Topliss-reactive ketones (excluding diaryl/α,β-unsaturated/α-hetero) is 1. The van der Waals surface area contributed by atoms with Crippen LogP contribution in [0.15, 0.2) is 0 Å². The van der Waals surface area contributed by atoms with Gasteiger partial charge in [-0.2, -0.15) is 0 Å². The lowest BCUT2D eigenvalue weighted by Gasteiger charge is -2.24. The highest BCUT2D eigenvalue weighted by Crippen LogP contribution is 2.20. The Morgan fingerprint density at radius 3 is 1.55 bits per heavy atom. The first kappa shape index (κ1) is 18.6. The van der Waals surface area contributed by atoms with Crippen LogP contribution in [0.3, 0.4) is 0 Å². The Hall–Kier alpha value is -1.39. The summed E-state index contributed by atoms with van der Waals surface area (Å²) in [5, 5.41) is 0. The summed E-state index contributed by atoms with van der Waals surface area (Å²) < 4.78 is 10.1. The predicted molar refractivity (Wildman–Crippen MR) is 75.0 cm³/mol. The molecule has 0 aromatic carbocycles. The van der Waals surface area contributed by atoms with Crippen LogP contribution < -0.4 is 0 Å². The number of hydrogen-bond donors (Lipinski definition) is 0. The Labute approximate surface area is 121 Å². The van der Waals surface area contributed by atoms with E-state index in [9.17, 15) is 14.4 Å². The molecule has 116 valence electrons. The van der Waals surface area contributed by atoms with Crippen molar-refractivity contribution in [3.8, 4) is 0 Å². The number of ketones is 1. The van der Waals surface area contributed by atoms with Crippen molar-refractivity contribution >= 4 is 17.7 Å². The average Bonchev–Trinajstić information content (AvgIpc) is 2.24. The van der Waals surface area contributed by atoms with Gasteiger partial charge < -0.3 is 9.47 Å². The highest BCUT2D eigenvalue weighted by atomic mass is 16.6. The van der Waals surface area contributed by atoms with Gasteiger partial charge in [-0.1, -0.05) is 20.8 Å². The lowest BCUT2D eigenvalue weighted by atomic mass is 9.88. The van der Waals surface area contributed by atoms with Gasteiger partial charge in [-0.05, 0) is 34.6 Å². The quantitative estimate of drug-likeness (QED) is 0.743. The van der Waals surface area contributed by atoms with Crippen LogP contribution in [-0.4, -0.2) is 29.9 Å². The number of hydrogen-bond acceptors (Lipinski definition) is 5. The van der Waals surface area contributed by atoms with Crippen molar-refractivity contribution in [2.75, 3.05) is 0 Å². The third kappa shape index (κ3) is 5.72. The van der Waals surface area contributed by atoms with Crippen molar-refractivity contribution in [3.63, 3.8) is 0 Å². The van der Waals surface area contributed by atoms with Crippen molar-refractivity contribution in [2.24, 2.45) is 10.8 Å². The number of carbonyl (C=O) groups excluding carboxylic acids is 3. The van der Waals surface area contributed by atoms with Crippen molar-refractivity contribution in [1.82, 2.24) is 0 Å². The fourth-order valence-corrected chi connectivity index (χ4v) is 1.32. The van der Waals surface area contributed by atoms with E-state index in [2.05, 4.69) is 0 Å². The van der Waals surface area contributed by atoms with E-state index in [0.717, 1.165) is 0 Å². The molecular formula is C15H26O5. The molecule has 0 N–H and O–H groups in total. The zero-order valence-electron chi connectivity index (χ0n) is 13.7. The summed E-state index contributed by atoms with van der Waals surface area (Å²) in [5.41, 5.74) is -1.29. The lowest BCUT2D eigenvalue weighted by Crippen LogP contribution is -2.38. The van der Waals surface area contributed by atoms with Gasteiger partial charge in [0.1, 0.15) is 0 Å². The minimum Gasteiger partial charge on any atom is -0.452 e. The zero-order valence-corrected chi connectivity index (χ0v) is 13.7. The van der Waals surface area contributed by atoms with Crippen LogP contribution in [0.2, 0.25) is 0 Å². The standard InChI is InChI=1S/C15H26O5/c1-9(11(16)14(3,4)5)19-12(17)10(2)20-13(18)15(6,7)8/h9-10H,1-8H3. The van der Waals surface area contributed by atoms with E-state index < -0.39 is 35.0 Å². The first-order chi connectivity index (χ1) is 8.76. The fourth-order valence-electron chi connectivity index (χ4n) is 1.32. The SMILES string of the molecule is CC(OC(=O)C(C)(C)C)C(=O)OC(C)C(=O)C(C)(C)C. The van der Waals surface area contributed by atoms with Gasteiger partial charge >= 0.3 is 11.9 Å². The summed E-state index contributed by atoms with van der Waals surface area (Å²) in [4.78, 5) is 35.4. The second kappa shape index (κ2) is 6.37. The second-order valence-electron chi connectivity index (χ2n) is 6.99. The molecule has 0 aromatic rings. The molecule has 0 aliphatic rings. The van der Waals surface area contributed by atoms with Crippen LogP contribution in [0.4, 0.5) is 0 Å². The summed E-state index contributed by atoms with van der Waals surface area (Å²) in [5.74, 6) is -1.38.